The Morgan fingerprint density at radius 1 is 1.48 bits per heavy atom. The van der Waals surface area contributed by atoms with Gasteiger partial charge in [-0.05, 0) is 31.3 Å². The van der Waals surface area contributed by atoms with Crippen molar-refractivity contribution in [3.8, 4) is 5.88 Å². The zero-order chi connectivity index (χ0) is 15.5. The lowest BCUT2D eigenvalue weighted by Crippen LogP contribution is -2.47. The second kappa shape index (κ2) is 6.15. The molecule has 7 nitrogen and oxygen atoms in total. The fraction of sp³-hybridized carbons (Fsp3) is 0.643. The van der Waals surface area contributed by atoms with Gasteiger partial charge in [0, 0.05) is 19.2 Å². The zero-order valence-electron chi connectivity index (χ0n) is 12.3. The number of amides is 1. The van der Waals surface area contributed by atoms with Gasteiger partial charge in [-0.2, -0.15) is 0 Å². The first kappa shape index (κ1) is 15.3. The van der Waals surface area contributed by atoms with E-state index in [1.165, 1.54) is 0 Å². The van der Waals surface area contributed by atoms with Gasteiger partial charge in [-0.25, -0.2) is 0 Å². The van der Waals surface area contributed by atoms with Crippen LogP contribution in [0, 0.1) is 12.3 Å². The number of hydrogen-bond donors (Lipinski definition) is 1. The molecule has 116 valence electrons. The van der Waals surface area contributed by atoms with Crippen LogP contribution in [0.4, 0.5) is 0 Å². The summed E-state index contributed by atoms with van der Waals surface area (Å²) in [5.74, 6) is -0.0342. The van der Waals surface area contributed by atoms with E-state index in [-0.39, 0.29) is 18.4 Å². The number of carboxylic acids is 1. The van der Waals surface area contributed by atoms with Gasteiger partial charge in [-0.3, -0.25) is 9.59 Å². The fourth-order valence-electron chi connectivity index (χ4n) is 2.54. The zero-order valence-corrected chi connectivity index (χ0v) is 12.3. The minimum atomic E-state index is -0.772. The molecule has 0 radical (unpaired) electrons. The maximum atomic E-state index is 12.0. The Balaban J connectivity index is 1.84. The molecule has 0 bridgehead atoms. The first-order valence-electron chi connectivity index (χ1n) is 7.04. The van der Waals surface area contributed by atoms with Crippen molar-refractivity contribution >= 4 is 11.9 Å². The van der Waals surface area contributed by atoms with Crippen LogP contribution in [0.15, 0.2) is 10.6 Å². The predicted octanol–water partition coefficient (Wildman–Crippen LogP) is 1.47. The topological polar surface area (TPSA) is 92.9 Å². The molecule has 0 aromatic carbocycles. The largest absolute Gasteiger partial charge is 0.481 e. The SMILES string of the molecule is CCC1(C(=O)O)CCN(C(=O)COc2cc(C)on2)CC1. The van der Waals surface area contributed by atoms with E-state index in [2.05, 4.69) is 5.16 Å². The van der Waals surface area contributed by atoms with E-state index in [1.54, 1.807) is 17.9 Å². The van der Waals surface area contributed by atoms with E-state index in [0.29, 0.717) is 38.1 Å². The first-order valence-corrected chi connectivity index (χ1v) is 7.04. The molecular weight excluding hydrogens is 276 g/mol. The molecule has 0 unspecified atom stereocenters. The number of hydrogen-bond acceptors (Lipinski definition) is 5. The average Bonchev–Trinajstić information content (AvgIpc) is 2.90. The molecule has 1 saturated heterocycles. The maximum absolute atomic E-state index is 12.0. The molecule has 1 fully saturated rings. The summed E-state index contributed by atoms with van der Waals surface area (Å²) in [6, 6.07) is 1.61. The molecule has 1 aliphatic heterocycles. The summed E-state index contributed by atoms with van der Waals surface area (Å²) < 4.78 is 10.1. The fourth-order valence-corrected chi connectivity index (χ4v) is 2.54. The van der Waals surface area contributed by atoms with Gasteiger partial charge in [0.1, 0.15) is 5.76 Å². The molecule has 0 aliphatic carbocycles. The number of likely N-dealkylation sites (tertiary alicyclic amines) is 1. The van der Waals surface area contributed by atoms with Crippen molar-refractivity contribution < 1.29 is 24.0 Å². The number of aryl methyl sites for hydroxylation is 1. The second-order valence-electron chi connectivity index (χ2n) is 5.38. The Morgan fingerprint density at radius 2 is 2.14 bits per heavy atom. The molecule has 1 amide bonds. The quantitative estimate of drug-likeness (QED) is 0.884. The molecule has 21 heavy (non-hydrogen) atoms. The highest BCUT2D eigenvalue weighted by molar-refractivity contribution is 5.79. The van der Waals surface area contributed by atoms with Crippen molar-refractivity contribution in [1.29, 1.82) is 0 Å². The van der Waals surface area contributed by atoms with Crippen molar-refractivity contribution in [3.05, 3.63) is 11.8 Å². The molecule has 2 heterocycles. The minimum Gasteiger partial charge on any atom is -0.481 e. The highest BCUT2D eigenvalue weighted by atomic mass is 16.5. The Bertz CT molecular complexity index is 517. The van der Waals surface area contributed by atoms with E-state index >= 15 is 0 Å². The summed E-state index contributed by atoms with van der Waals surface area (Å²) in [6.07, 6.45) is 1.54. The Kier molecular flexibility index (Phi) is 4.50. The lowest BCUT2D eigenvalue weighted by atomic mass is 9.76. The van der Waals surface area contributed by atoms with Gasteiger partial charge in [-0.1, -0.05) is 6.92 Å². The number of aromatic nitrogens is 1. The summed E-state index contributed by atoms with van der Waals surface area (Å²) in [5, 5.41) is 13.0. The van der Waals surface area contributed by atoms with Gasteiger partial charge >= 0.3 is 5.97 Å². The van der Waals surface area contributed by atoms with Crippen LogP contribution in [0.5, 0.6) is 5.88 Å². The minimum absolute atomic E-state index is 0.113. The van der Waals surface area contributed by atoms with Gasteiger partial charge < -0.3 is 19.3 Å². The van der Waals surface area contributed by atoms with E-state index in [9.17, 15) is 14.7 Å². The highest BCUT2D eigenvalue weighted by Gasteiger charge is 2.40. The molecule has 1 aliphatic rings. The maximum Gasteiger partial charge on any atom is 0.309 e. The number of carboxylic acid groups (broad SMARTS) is 1. The van der Waals surface area contributed by atoms with Gasteiger partial charge in [0.05, 0.1) is 5.41 Å². The number of aliphatic carboxylic acids is 1. The van der Waals surface area contributed by atoms with Gasteiger partial charge in [0.2, 0.25) is 0 Å². The second-order valence-corrected chi connectivity index (χ2v) is 5.38. The molecule has 1 aromatic heterocycles. The van der Waals surface area contributed by atoms with Crippen LogP contribution in [-0.2, 0) is 9.59 Å². The van der Waals surface area contributed by atoms with E-state index in [1.807, 2.05) is 6.92 Å². The van der Waals surface area contributed by atoms with Crippen LogP contribution in [0.1, 0.15) is 31.9 Å². The number of rotatable bonds is 5. The van der Waals surface area contributed by atoms with Crippen LogP contribution in [-0.4, -0.2) is 46.7 Å². The summed E-state index contributed by atoms with van der Waals surface area (Å²) in [5.41, 5.74) is -0.694. The highest BCUT2D eigenvalue weighted by Crippen LogP contribution is 2.35. The third-order valence-electron chi connectivity index (χ3n) is 4.15. The number of piperidine rings is 1. The van der Waals surface area contributed by atoms with Crippen LogP contribution >= 0.6 is 0 Å². The van der Waals surface area contributed by atoms with E-state index in [0.717, 1.165) is 0 Å². The normalized spacial score (nSPS) is 17.5. The standard InChI is InChI=1S/C14H20N2O5/c1-3-14(13(18)19)4-6-16(7-5-14)12(17)9-20-11-8-10(2)21-15-11/h8H,3-7,9H2,1-2H3,(H,18,19). The molecular formula is C14H20N2O5. The lowest BCUT2D eigenvalue weighted by molar-refractivity contribution is -0.155. The summed E-state index contributed by atoms with van der Waals surface area (Å²) in [6.45, 7) is 4.39. The molecule has 0 spiro atoms. The van der Waals surface area contributed by atoms with Gasteiger partial charge in [0.25, 0.3) is 11.8 Å². The van der Waals surface area contributed by atoms with Crippen molar-refractivity contribution in [2.24, 2.45) is 5.41 Å². The Hall–Kier alpha value is -2.05. The average molecular weight is 296 g/mol. The third kappa shape index (κ3) is 3.34. The van der Waals surface area contributed by atoms with Gasteiger partial charge in [-0.15, -0.1) is 0 Å². The lowest BCUT2D eigenvalue weighted by Gasteiger charge is -2.38. The molecule has 0 saturated carbocycles. The summed E-state index contributed by atoms with van der Waals surface area (Å²) in [4.78, 5) is 25.0. The third-order valence-corrected chi connectivity index (χ3v) is 4.15. The van der Waals surface area contributed by atoms with E-state index < -0.39 is 11.4 Å². The van der Waals surface area contributed by atoms with Crippen molar-refractivity contribution in [1.82, 2.24) is 10.1 Å². The Morgan fingerprint density at radius 3 is 2.62 bits per heavy atom. The van der Waals surface area contributed by atoms with Crippen LogP contribution in [0.2, 0.25) is 0 Å². The van der Waals surface area contributed by atoms with Crippen molar-refractivity contribution in [2.45, 2.75) is 33.1 Å². The number of ether oxygens (including phenoxy) is 1. The molecule has 2 rings (SSSR count). The summed E-state index contributed by atoms with van der Waals surface area (Å²) in [7, 11) is 0. The smallest absolute Gasteiger partial charge is 0.309 e. The molecule has 7 heteroatoms. The number of nitrogens with zero attached hydrogens (tertiary/aromatic N) is 2. The summed E-state index contributed by atoms with van der Waals surface area (Å²) >= 11 is 0. The molecule has 1 aromatic rings. The van der Waals surface area contributed by atoms with Crippen LogP contribution in [0.25, 0.3) is 0 Å². The Labute approximate surface area is 122 Å². The monoisotopic (exact) mass is 296 g/mol. The number of carbonyl (C=O) groups is 2. The van der Waals surface area contributed by atoms with Gasteiger partial charge in [0.15, 0.2) is 6.61 Å². The van der Waals surface area contributed by atoms with Crippen LogP contribution < -0.4 is 4.74 Å². The number of carbonyl (C=O) groups excluding carboxylic acids is 1. The molecule has 0 atom stereocenters. The first-order chi connectivity index (χ1) is 9.97. The molecule has 1 N–H and O–H groups in total. The van der Waals surface area contributed by atoms with Crippen LogP contribution in [0.3, 0.4) is 0 Å². The van der Waals surface area contributed by atoms with E-state index in [4.69, 9.17) is 9.26 Å². The van der Waals surface area contributed by atoms with Crippen molar-refractivity contribution in [3.63, 3.8) is 0 Å². The predicted molar refractivity (Wildman–Crippen MR) is 72.9 cm³/mol. The van der Waals surface area contributed by atoms with Crippen molar-refractivity contribution in [2.75, 3.05) is 19.7 Å².